The quantitative estimate of drug-likeness (QED) is 0.658. The zero-order chi connectivity index (χ0) is 16.1. The third-order valence-corrected chi connectivity index (χ3v) is 3.98. The molecule has 6 nitrogen and oxygen atoms in total. The Hall–Kier alpha value is -2.30. The van der Waals surface area contributed by atoms with Gasteiger partial charge in [-0.15, -0.1) is 0 Å². The maximum absolute atomic E-state index is 11.9. The maximum atomic E-state index is 11.9. The number of anilines is 2. The van der Waals surface area contributed by atoms with E-state index in [2.05, 4.69) is 15.3 Å². The Balaban J connectivity index is 1.94. The molecule has 1 heterocycles. The number of rotatable bonds is 4. The van der Waals surface area contributed by atoms with Crippen LogP contribution in [-0.2, 0) is 4.79 Å². The minimum Gasteiger partial charge on any atom is -0.382 e. The van der Waals surface area contributed by atoms with Crippen LogP contribution in [0, 0.1) is 18.3 Å². The molecule has 0 saturated carbocycles. The van der Waals surface area contributed by atoms with E-state index in [9.17, 15) is 4.79 Å². The standard InChI is InChI=1S/C14H12ClN5OS/c1-8-4-10(2-3-11(8)15)19-12(21)7-22-14-18-6-9(5-16)13(17)20-14/h2-4,6H,7H2,1H3,(H,19,21)(H2,17,18,20). The molecule has 0 bridgehead atoms. The molecule has 1 amide bonds. The summed E-state index contributed by atoms with van der Waals surface area (Å²) in [5.41, 5.74) is 7.36. The summed E-state index contributed by atoms with van der Waals surface area (Å²) in [6.07, 6.45) is 1.34. The highest BCUT2D eigenvalue weighted by atomic mass is 35.5. The molecule has 0 aliphatic rings. The number of hydrogen-bond acceptors (Lipinski definition) is 6. The van der Waals surface area contributed by atoms with Crippen molar-refractivity contribution in [1.29, 1.82) is 5.26 Å². The van der Waals surface area contributed by atoms with Crippen molar-refractivity contribution in [3.8, 4) is 6.07 Å². The van der Waals surface area contributed by atoms with Crippen LogP contribution >= 0.6 is 23.4 Å². The third-order valence-electron chi connectivity index (χ3n) is 2.69. The second-order valence-corrected chi connectivity index (χ2v) is 5.71. The molecule has 8 heteroatoms. The number of nitriles is 1. The highest BCUT2D eigenvalue weighted by Crippen LogP contribution is 2.20. The molecule has 0 aliphatic carbocycles. The first-order valence-electron chi connectivity index (χ1n) is 6.21. The Morgan fingerprint density at radius 1 is 1.55 bits per heavy atom. The van der Waals surface area contributed by atoms with Crippen LogP contribution in [0.1, 0.15) is 11.1 Å². The van der Waals surface area contributed by atoms with Gasteiger partial charge in [-0.25, -0.2) is 9.97 Å². The van der Waals surface area contributed by atoms with Gasteiger partial charge in [-0.3, -0.25) is 4.79 Å². The molecular weight excluding hydrogens is 322 g/mol. The zero-order valence-electron chi connectivity index (χ0n) is 11.6. The van der Waals surface area contributed by atoms with Gasteiger partial charge in [-0.2, -0.15) is 5.26 Å². The molecule has 1 aromatic heterocycles. The Labute approximate surface area is 136 Å². The fourth-order valence-electron chi connectivity index (χ4n) is 1.58. The van der Waals surface area contributed by atoms with Gasteiger partial charge < -0.3 is 11.1 Å². The van der Waals surface area contributed by atoms with Gasteiger partial charge in [0, 0.05) is 10.7 Å². The largest absolute Gasteiger partial charge is 0.382 e. The highest BCUT2D eigenvalue weighted by molar-refractivity contribution is 7.99. The molecule has 0 fully saturated rings. The number of aromatic nitrogens is 2. The monoisotopic (exact) mass is 333 g/mol. The first-order valence-corrected chi connectivity index (χ1v) is 7.57. The Morgan fingerprint density at radius 3 is 2.95 bits per heavy atom. The SMILES string of the molecule is Cc1cc(NC(=O)CSc2ncc(C#N)c(N)n2)ccc1Cl. The van der Waals surface area contributed by atoms with Crippen LogP contribution in [0.3, 0.4) is 0 Å². The average molecular weight is 334 g/mol. The molecule has 0 unspecified atom stereocenters. The lowest BCUT2D eigenvalue weighted by Gasteiger charge is -2.06. The summed E-state index contributed by atoms with van der Waals surface area (Å²) < 4.78 is 0. The predicted molar refractivity (Wildman–Crippen MR) is 86.7 cm³/mol. The molecular formula is C14H12ClN5OS. The van der Waals surface area contributed by atoms with E-state index >= 15 is 0 Å². The second kappa shape index (κ2) is 7.11. The third kappa shape index (κ3) is 4.10. The molecule has 2 aromatic rings. The summed E-state index contributed by atoms with van der Waals surface area (Å²) in [5, 5.41) is 12.5. The van der Waals surface area contributed by atoms with Crippen molar-refractivity contribution in [2.45, 2.75) is 12.1 Å². The lowest BCUT2D eigenvalue weighted by Crippen LogP contribution is -2.14. The van der Waals surface area contributed by atoms with Crippen LogP contribution in [0.2, 0.25) is 5.02 Å². The zero-order valence-corrected chi connectivity index (χ0v) is 13.2. The lowest BCUT2D eigenvalue weighted by molar-refractivity contribution is -0.113. The minimum absolute atomic E-state index is 0.105. The summed E-state index contributed by atoms with van der Waals surface area (Å²) in [7, 11) is 0. The predicted octanol–water partition coefficient (Wildman–Crippen LogP) is 2.62. The van der Waals surface area contributed by atoms with Gasteiger partial charge in [-0.05, 0) is 30.7 Å². The first-order chi connectivity index (χ1) is 10.5. The van der Waals surface area contributed by atoms with Crippen LogP contribution in [-0.4, -0.2) is 21.6 Å². The summed E-state index contributed by atoms with van der Waals surface area (Å²) in [4.78, 5) is 19.8. The van der Waals surface area contributed by atoms with E-state index in [-0.39, 0.29) is 23.0 Å². The van der Waals surface area contributed by atoms with Gasteiger partial charge in [-0.1, -0.05) is 23.4 Å². The van der Waals surface area contributed by atoms with Crippen LogP contribution in [0.4, 0.5) is 11.5 Å². The average Bonchev–Trinajstić information content (AvgIpc) is 2.49. The number of carbonyl (C=O) groups is 1. The number of aryl methyl sites for hydroxylation is 1. The van der Waals surface area contributed by atoms with E-state index in [1.165, 1.54) is 6.20 Å². The Morgan fingerprint density at radius 2 is 2.32 bits per heavy atom. The molecule has 0 atom stereocenters. The van der Waals surface area contributed by atoms with Crippen molar-refractivity contribution in [1.82, 2.24) is 9.97 Å². The molecule has 0 radical (unpaired) electrons. The van der Waals surface area contributed by atoms with E-state index in [4.69, 9.17) is 22.6 Å². The van der Waals surface area contributed by atoms with Crippen molar-refractivity contribution in [2.75, 3.05) is 16.8 Å². The molecule has 22 heavy (non-hydrogen) atoms. The molecule has 1 aromatic carbocycles. The van der Waals surface area contributed by atoms with Crippen molar-refractivity contribution < 1.29 is 4.79 Å². The van der Waals surface area contributed by atoms with Crippen LogP contribution < -0.4 is 11.1 Å². The fourth-order valence-corrected chi connectivity index (χ4v) is 2.32. The Kier molecular flexibility index (Phi) is 5.20. The van der Waals surface area contributed by atoms with Crippen LogP contribution in [0.5, 0.6) is 0 Å². The fraction of sp³-hybridized carbons (Fsp3) is 0.143. The van der Waals surface area contributed by atoms with E-state index < -0.39 is 0 Å². The van der Waals surface area contributed by atoms with Gasteiger partial charge in [0.1, 0.15) is 17.5 Å². The number of benzene rings is 1. The molecule has 3 N–H and O–H groups in total. The van der Waals surface area contributed by atoms with Crippen molar-refractivity contribution in [3.63, 3.8) is 0 Å². The van der Waals surface area contributed by atoms with Crippen LogP contribution in [0.25, 0.3) is 0 Å². The molecule has 2 rings (SSSR count). The van der Waals surface area contributed by atoms with Gasteiger partial charge in [0.2, 0.25) is 5.91 Å². The van der Waals surface area contributed by atoms with Crippen molar-refractivity contribution in [2.24, 2.45) is 0 Å². The molecule has 0 saturated heterocycles. The first kappa shape index (κ1) is 16.1. The van der Waals surface area contributed by atoms with Crippen LogP contribution in [0.15, 0.2) is 29.6 Å². The number of nitrogens with zero attached hydrogens (tertiary/aromatic N) is 3. The Bertz CT molecular complexity index is 759. The number of amides is 1. The number of nitrogen functional groups attached to an aromatic ring is 1. The number of thioether (sulfide) groups is 1. The number of carbonyl (C=O) groups excluding carboxylic acids is 1. The summed E-state index contributed by atoms with van der Waals surface area (Å²) in [6, 6.07) is 7.13. The summed E-state index contributed by atoms with van der Waals surface area (Å²) in [5.74, 6) is 0.0412. The molecule has 112 valence electrons. The lowest BCUT2D eigenvalue weighted by atomic mass is 10.2. The molecule has 0 spiro atoms. The summed E-state index contributed by atoms with van der Waals surface area (Å²) >= 11 is 7.07. The topological polar surface area (TPSA) is 105 Å². The van der Waals surface area contributed by atoms with E-state index in [1.807, 2.05) is 13.0 Å². The van der Waals surface area contributed by atoms with E-state index in [0.717, 1.165) is 17.3 Å². The van der Waals surface area contributed by atoms with Gasteiger partial charge in [0.05, 0.1) is 11.9 Å². The number of nitrogens with two attached hydrogens (primary N) is 1. The number of halogens is 1. The summed E-state index contributed by atoms with van der Waals surface area (Å²) in [6.45, 7) is 1.86. The molecule has 0 aliphatic heterocycles. The number of hydrogen-bond donors (Lipinski definition) is 2. The maximum Gasteiger partial charge on any atom is 0.234 e. The normalized spacial score (nSPS) is 10.0. The van der Waals surface area contributed by atoms with Gasteiger partial charge in [0.15, 0.2) is 5.16 Å². The smallest absolute Gasteiger partial charge is 0.234 e. The van der Waals surface area contributed by atoms with Crippen molar-refractivity contribution in [3.05, 3.63) is 40.5 Å². The van der Waals surface area contributed by atoms with E-state index in [1.54, 1.807) is 18.2 Å². The minimum atomic E-state index is -0.196. The van der Waals surface area contributed by atoms with E-state index in [0.29, 0.717) is 15.9 Å². The van der Waals surface area contributed by atoms with Gasteiger partial charge >= 0.3 is 0 Å². The van der Waals surface area contributed by atoms with Gasteiger partial charge in [0.25, 0.3) is 0 Å². The highest BCUT2D eigenvalue weighted by Gasteiger charge is 2.08. The number of nitrogens with one attached hydrogen (secondary N) is 1. The van der Waals surface area contributed by atoms with Crippen molar-refractivity contribution >= 4 is 40.8 Å². The second-order valence-electron chi connectivity index (χ2n) is 4.36.